The summed E-state index contributed by atoms with van der Waals surface area (Å²) in [5, 5.41) is 12.4. The molecule has 2 aromatic heterocycles. The van der Waals surface area contributed by atoms with Crippen molar-refractivity contribution in [2.24, 2.45) is 0 Å². The van der Waals surface area contributed by atoms with E-state index in [1.165, 1.54) is 44.2 Å². The molecule has 0 bridgehead atoms. The van der Waals surface area contributed by atoms with Crippen LogP contribution < -0.4 is 26.2 Å². The van der Waals surface area contributed by atoms with Crippen molar-refractivity contribution in [1.82, 2.24) is 9.55 Å². The van der Waals surface area contributed by atoms with E-state index in [9.17, 15) is 5.26 Å². The van der Waals surface area contributed by atoms with Crippen molar-refractivity contribution >= 4 is 79.0 Å². The summed E-state index contributed by atoms with van der Waals surface area (Å²) in [5.74, 6) is 0.802. The number of hydrogen-bond acceptors (Lipinski definition) is 4. The summed E-state index contributed by atoms with van der Waals surface area (Å²) in [6.07, 6.45) is 0. The van der Waals surface area contributed by atoms with Gasteiger partial charge in [0, 0.05) is 44.6 Å². The molecule has 15 rings (SSSR count). The quantitative estimate of drug-likeness (QED) is 0.142. The van der Waals surface area contributed by atoms with E-state index in [4.69, 9.17) is 4.98 Å². The average Bonchev–Trinajstić information content (AvgIpc) is 0.821. The number of fused-ring (bicyclic) bond motifs is 7. The number of anilines is 6. The van der Waals surface area contributed by atoms with Crippen LogP contribution in [0.1, 0.15) is 58.2 Å². The Bertz CT molecular complexity index is 4850. The van der Waals surface area contributed by atoms with Gasteiger partial charge >= 0.3 is 0 Å². The van der Waals surface area contributed by atoms with Gasteiger partial charge in [-0.15, -0.1) is 0 Å². The fourth-order valence-electron chi connectivity index (χ4n) is 13.4. The summed E-state index contributed by atoms with van der Waals surface area (Å²) in [4.78, 5) is 10.9. The highest BCUT2D eigenvalue weighted by Gasteiger charge is 2.44. The zero-order valence-corrected chi connectivity index (χ0v) is 49.2. The molecule has 13 aromatic rings. The summed E-state index contributed by atoms with van der Waals surface area (Å²) < 4.78 is 2.30. The third-order valence-electron chi connectivity index (χ3n) is 17.7. The first-order chi connectivity index (χ1) is 41.9. The van der Waals surface area contributed by atoms with Crippen molar-refractivity contribution in [3.8, 4) is 67.7 Å². The molecule has 86 heavy (non-hydrogen) atoms. The Morgan fingerprint density at radius 1 is 0.360 bits per heavy atom. The van der Waals surface area contributed by atoms with Crippen LogP contribution in [-0.2, 0) is 10.8 Å². The lowest BCUT2D eigenvalue weighted by Crippen LogP contribution is -2.61. The molecule has 11 aromatic carbocycles. The lowest BCUT2D eigenvalue weighted by molar-refractivity contribution is 0.590. The molecule has 0 aliphatic carbocycles. The maximum absolute atomic E-state index is 10.2. The first-order valence-electron chi connectivity index (χ1n) is 29.9. The van der Waals surface area contributed by atoms with Gasteiger partial charge in [0.05, 0.1) is 39.7 Å². The second kappa shape index (κ2) is 20.4. The second-order valence-electron chi connectivity index (χ2n) is 25.1. The van der Waals surface area contributed by atoms with E-state index < -0.39 is 0 Å². The fraction of sp³-hybridized carbons (Fsp3) is 0.100. The van der Waals surface area contributed by atoms with Gasteiger partial charge in [-0.05, 0) is 162 Å². The van der Waals surface area contributed by atoms with Gasteiger partial charge in [0.1, 0.15) is 5.82 Å². The predicted molar refractivity (Wildman–Crippen MR) is 362 cm³/mol. The van der Waals surface area contributed by atoms with Gasteiger partial charge < -0.3 is 9.80 Å². The van der Waals surface area contributed by atoms with E-state index in [0.29, 0.717) is 5.56 Å². The zero-order chi connectivity index (χ0) is 58.4. The van der Waals surface area contributed by atoms with Gasteiger partial charge in [0.2, 0.25) is 0 Å². The number of nitrogens with zero attached hydrogens (tertiary/aromatic N) is 5. The highest BCUT2D eigenvalue weighted by Crippen LogP contribution is 2.50. The number of rotatable bonds is 8. The number of pyridine rings is 1. The van der Waals surface area contributed by atoms with Crippen LogP contribution in [-0.4, -0.2) is 16.3 Å². The second-order valence-corrected chi connectivity index (χ2v) is 25.1. The Labute approximate surface area is 504 Å². The molecule has 0 fully saturated rings. The molecule has 0 unspecified atom stereocenters. The van der Waals surface area contributed by atoms with Gasteiger partial charge in [-0.1, -0.05) is 224 Å². The predicted octanol–water partition coefficient (Wildman–Crippen LogP) is 19.1. The molecule has 2 aliphatic heterocycles. The minimum atomic E-state index is -0.194. The van der Waals surface area contributed by atoms with E-state index in [1.54, 1.807) is 0 Å². The van der Waals surface area contributed by atoms with Crippen molar-refractivity contribution in [2.75, 3.05) is 9.80 Å². The Balaban J connectivity index is 1.02. The van der Waals surface area contributed by atoms with E-state index in [0.717, 1.165) is 101 Å². The highest BCUT2D eigenvalue weighted by molar-refractivity contribution is 7.00. The van der Waals surface area contributed by atoms with Crippen LogP contribution in [0, 0.1) is 11.3 Å². The normalized spacial score (nSPS) is 12.7. The van der Waals surface area contributed by atoms with Gasteiger partial charge in [0.25, 0.3) is 6.71 Å². The number of para-hydroxylation sites is 1. The first-order valence-corrected chi connectivity index (χ1v) is 29.9. The van der Waals surface area contributed by atoms with E-state index in [2.05, 4.69) is 317 Å². The van der Waals surface area contributed by atoms with E-state index >= 15 is 0 Å². The maximum Gasteiger partial charge on any atom is 0.252 e. The summed E-state index contributed by atoms with van der Waals surface area (Å²) >= 11 is 0. The smallest absolute Gasteiger partial charge is 0.252 e. The first kappa shape index (κ1) is 52.3. The van der Waals surface area contributed by atoms with Crippen LogP contribution in [0.4, 0.5) is 34.1 Å². The molecular formula is C80H62BN5. The molecule has 4 heterocycles. The minimum Gasteiger partial charge on any atom is -0.311 e. The SMILES string of the molecule is CC(C)(C)c1ccc(N2c3ccc(-c4ccccc4)cc3B3c4cc(-c5cc(-c6ccccc6)cc(-n6c7ccc(C#N)cc7c7cc(C(C)(C)C)ccc76)n5)ccc4N(c4ccccc4-c4ccccc4)c4cccc2c43)c(-c2ccccc2)c1. The van der Waals surface area contributed by atoms with Crippen molar-refractivity contribution < 1.29 is 0 Å². The standard InChI is InChI=1S/C80H62BN5/c1-79(2,3)60-37-42-70(63(49-60)56-28-17-10-18-29-56)85-73-40-35-57(53-22-11-7-12-23-53)45-66(73)81-67-46-58(36-41-74(67)84(75-32-21-33-76(85)78(75)81)69-31-20-19-30-62(69)55-26-15-9-16-27-55)68-47-59(54-24-13-8-14-25-54)48-77(83-68)86-71-39-34-52(51-82)44-64(71)65-50-61(80(4,5)6)38-43-72(65)86/h7-50H,1-6H3. The lowest BCUT2D eigenvalue weighted by Gasteiger charge is -2.45. The van der Waals surface area contributed by atoms with Crippen molar-refractivity contribution in [3.63, 3.8) is 0 Å². The van der Waals surface area contributed by atoms with Crippen LogP contribution in [0.2, 0.25) is 0 Å². The topological polar surface area (TPSA) is 48.1 Å². The van der Waals surface area contributed by atoms with Crippen LogP contribution in [0.15, 0.2) is 267 Å². The van der Waals surface area contributed by atoms with Crippen LogP contribution in [0.5, 0.6) is 0 Å². The molecule has 0 amide bonds. The monoisotopic (exact) mass is 1100 g/mol. The maximum atomic E-state index is 10.2. The summed E-state index contributed by atoms with van der Waals surface area (Å²) in [5.41, 5.74) is 26.4. The average molecular weight is 1100 g/mol. The van der Waals surface area contributed by atoms with Gasteiger partial charge in [0.15, 0.2) is 0 Å². The molecule has 0 radical (unpaired) electrons. The third-order valence-corrected chi connectivity index (χ3v) is 17.7. The molecule has 0 saturated carbocycles. The Kier molecular flexibility index (Phi) is 12.4. The fourth-order valence-corrected chi connectivity index (χ4v) is 13.4. The highest BCUT2D eigenvalue weighted by atomic mass is 15.2. The number of nitriles is 1. The number of benzene rings is 11. The summed E-state index contributed by atoms with van der Waals surface area (Å²) in [7, 11) is 0. The van der Waals surface area contributed by atoms with Gasteiger partial charge in [-0.25, -0.2) is 4.98 Å². The Morgan fingerprint density at radius 3 is 1.45 bits per heavy atom. The molecule has 0 saturated heterocycles. The molecule has 6 heteroatoms. The number of aromatic nitrogens is 2. The molecular weight excluding hydrogens is 1040 g/mol. The number of hydrogen-bond donors (Lipinski definition) is 0. The van der Waals surface area contributed by atoms with Crippen LogP contribution in [0.25, 0.3) is 83.4 Å². The van der Waals surface area contributed by atoms with Crippen molar-refractivity contribution in [1.29, 1.82) is 5.26 Å². The van der Waals surface area contributed by atoms with Gasteiger partial charge in [-0.3, -0.25) is 4.57 Å². The molecule has 5 nitrogen and oxygen atoms in total. The molecule has 0 atom stereocenters. The molecule has 410 valence electrons. The van der Waals surface area contributed by atoms with E-state index in [-0.39, 0.29) is 17.5 Å². The van der Waals surface area contributed by atoms with Crippen molar-refractivity contribution in [2.45, 2.75) is 52.4 Å². The minimum absolute atomic E-state index is 0.0740. The van der Waals surface area contributed by atoms with Crippen LogP contribution >= 0.6 is 0 Å². The zero-order valence-electron chi connectivity index (χ0n) is 49.2. The summed E-state index contributed by atoms with van der Waals surface area (Å²) in [6.45, 7) is 13.5. The summed E-state index contributed by atoms with van der Waals surface area (Å²) in [6, 6.07) is 100. The van der Waals surface area contributed by atoms with Crippen molar-refractivity contribution in [3.05, 3.63) is 284 Å². The Morgan fingerprint density at radius 2 is 0.837 bits per heavy atom. The molecule has 2 aliphatic rings. The largest absolute Gasteiger partial charge is 0.311 e. The molecule has 0 N–H and O–H groups in total. The van der Waals surface area contributed by atoms with E-state index in [1.807, 2.05) is 12.1 Å². The lowest BCUT2D eigenvalue weighted by atomic mass is 9.33. The van der Waals surface area contributed by atoms with Gasteiger partial charge in [-0.2, -0.15) is 5.26 Å². The van der Waals surface area contributed by atoms with Crippen LogP contribution in [0.3, 0.4) is 0 Å². The third kappa shape index (κ3) is 8.81. The Hall–Kier alpha value is -10.5. The molecule has 0 spiro atoms.